The lowest BCUT2D eigenvalue weighted by Gasteiger charge is -2.17. The van der Waals surface area contributed by atoms with Crippen LogP contribution in [0.3, 0.4) is 0 Å². The molecule has 1 aliphatic heterocycles. The molecule has 8 heteroatoms. The third-order valence-corrected chi connectivity index (χ3v) is 4.36. The number of carbonyl (C=O) groups is 1. The van der Waals surface area contributed by atoms with Gasteiger partial charge in [-0.15, -0.1) is 0 Å². The molecule has 0 radical (unpaired) electrons. The molecule has 2 aromatic heterocycles. The normalized spacial score (nSPS) is 17.2. The van der Waals surface area contributed by atoms with Crippen molar-refractivity contribution in [3.8, 4) is 0 Å². The molecule has 3 heterocycles. The summed E-state index contributed by atoms with van der Waals surface area (Å²) in [5.74, 6) is -0.829. The van der Waals surface area contributed by atoms with Crippen molar-refractivity contribution in [3.63, 3.8) is 0 Å². The molecule has 25 heavy (non-hydrogen) atoms. The first-order chi connectivity index (χ1) is 12.1. The highest BCUT2D eigenvalue weighted by Gasteiger charge is 2.26. The Morgan fingerprint density at radius 1 is 1.32 bits per heavy atom. The summed E-state index contributed by atoms with van der Waals surface area (Å²) in [6.07, 6.45) is 7.54. The zero-order valence-electron chi connectivity index (χ0n) is 13.7. The Labute approximate surface area is 143 Å². The van der Waals surface area contributed by atoms with E-state index >= 15 is 0 Å². The fraction of sp³-hybridized carbons (Fsp3) is 0.294. The first-order valence-corrected chi connectivity index (χ1v) is 8.05. The number of benzene rings is 1. The smallest absolute Gasteiger partial charge is 0.253 e. The van der Waals surface area contributed by atoms with Crippen molar-refractivity contribution in [2.75, 3.05) is 18.0 Å². The minimum absolute atomic E-state index is 0.0114. The maximum Gasteiger partial charge on any atom is 0.253 e. The molecule has 1 saturated heterocycles. The molecule has 0 aliphatic carbocycles. The number of aryl methyl sites for hydroxylation is 1. The molecular formula is C17H17FN6O. The number of fused-ring (bicyclic) bond motifs is 1. The standard InChI is InChI=1S/C17H17FN6O/c1-23-10-13(8-21-23)24-5-2-12(9-24)22-17(25)14-6-11(18)7-15-16(14)20-4-3-19-15/h3-4,6-8,10,12H,2,5,9H2,1H3,(H,22,25)/t12-/m1/s1. The van der Waals surface area contributed by atoms with E-state index in [1.807, 2.05) is 13.2 Å². The number of amides is 1. The lowest BCUT2D eigenvalue weighted by atomic mass is 10.1. The van der Waals surface area contributed by atoms with Gasteiger partial charge in [0.15, 0.2) is 0 Å². The van der Waals surface area contributed by atoms with Crippen LogP contribution in [0.4, 0.5) is 10.1 Å². The number of aromatic nitrogens is 4. The number of nitrogens with one attached hydrogen (secondary N) is 1. The van der Waals surface area contributed by atoms with Crippen LogP contribution in [0, 0.1) is 5.82 Å². The van der Waals surface area contributed by atoms with Crippen LogP contribution in [0.15, 0.2) is 36.9 Å². The van der Waals surface area contributed by atoms with Crippen LogP contribution in [0.2, 0.25) is 0 Å². The number of nitrogens with zero attached hydrogens (tertiary/aromatic N) is 5. The first kappa shape index (κ1) is 15.5. The van der Waals surface area contributed by atoms with Crippen LogP contribution >= 0.6 is 0 Å². The lowest BCUT2D eigenvalue weighted by molar-refractivity contribution is 0.0941. The third kappa shape index (κ3) is 3.02. The summed E-state index contributed by atoms with van der Waals surface area (Å²) in [4.78, 5) is 23.0. The summed E-state index contributed by atoms with van der Waals surface area (Å²) in [7, 11) is 1.87. The van der Waals surface area contributed by atoms with Crippen molar-refractivity contribution in [1.82, 2.24) is 25.1 Å². The summed E-state index contributed by atoms with van der Waals surface area (Å²) < 4.78 is 15.5. The number of hydrogen-bond donors (Lipinski definition) is 1. The van der Waals surface area contributed by atoms with E-state index < -0.39 is 5.82 Å². The number of halogens is 1. The number of rotatable bonds is 3. The Morgan fingerprint density at radius 3 is 2.96 bits per heavy atom. The van der Waals surface area contributed by atoms with E-state index in [1.165, 1.54) is 24.5 Å². The highest BCUT2D eigenvalue weighted by molar-refractivity contribution is 6.04. The summed E-state index contributed by atoms with van der Waals surface area (Å²) in [5.41, 5.74) is 2.02. The van der Waals surface area contributed by atoms with Crippen molar-refractivity contribution >= 4 is 22.6 Å². The van der Waals surface area contributed by atoms with E-state index in [0.717, 1.165) is 18.7 Å². The van der Waals surface area contributed by atoms with Crippen LogP contribution in [-0.2, 0) is 7.05 Å². The van der Waals surface area contributed by atoms with Crippen LogP contribution in [-0.4, -0.2) is 44.8 Å². The summed E-state index contributed by atoms with van der Waals surface area (Å²) in [6, 6.07) is 2.47. The Kier molecular flexibility index (Phi) is 3.79. The van der Waals surface area contributed by atoms with Crippen molar-refractivity contribution in [3.05, 3.63) is 48.3 Å². The van der Waals surface area contributed by atoms with Gasteiger partial charge in [0.05, 0.1) is 23.0 Å². The molecule has 0 spiro atoms. The van der Waals surface area contributed by atoms with E-state index in [4.69, 9.17) is 0 Å². The molecule has 128 valence electrons. The van der Waals surface area contributed by atoms with Crippen molar-refractivity contribution < 1.29 is 9.18 Å². The Bertz CT molecular complexity index is 940. The van der Waals surface area contributed by atoms with Gasteiger partial charge in [-0.1, -0.05) is 0 Å². The topological polar surface area (TPSA) is 75.9 Å². The maximum atomic E-state index is 13.8. The largest absolute Gasteiger partial charge is 0.367 e. The molecule has 1 atom stereocenters. The van der Waals surface area contributed by atoms with Gasteiger partial charge in [-0.05, 0) is 12.5 Å². The van der Waals surface area contributed by atoms with E-state index in [-0.39, 0.29) is 17.5 Å². The van der Waals surface area contributed by atoms with Crippen molar-refractivity contribution in [1.29, 1.82) is 0 Å². The van der Waals surface area contributed by atoms with Gasteiger partial charge in [-0.3, -0.25) is 19.4 Å². The van der Waals surface area contributed by atoms with Gasteiger partial charge in [-0.2, -0.15) is 5.10 Å². The zero-order valence-corrected chi connectivity index (χ0v) is 13.7. The minimum atomic E-state index is -0.499. The quantitative estimate of drug-likeness (QED) is 0.782. The second-order valence-electron chi connectivity index (χ2n) is 6.15. The molecule has 1 aromatic carbocycles. The van der Waals surface area contributed by atoms with Crippen LogP contribution in [0.1, 0.15) is 16.8 Å². The molecule has 1 aliphatic rings. The predicted octanol–water partition coefficient (Wildman–Crippen LogP) is 1.51. The van der Waals surface area contributed by atoms with Crippen LogP contribution < -0.4 is 10.2 Å². The third-order valence-electron chi connectivity index (χ3n) is 4.36. The maximum absolute atomic E-state index is 13.8. The van der Waals surface area contributed by atoms with Gasteiger partial charge in [0.25, 0.3) is 5.91 Å². The summed E-state index contributed by atoms with van der Waals surface area (Å²) >= 11 is 0. The monoisotopic (exact) mass is 340 g/mol. The van der Waals surface area contributed by atoms with Crippen LogP contribution in [0.5, 0.6) is 0 Å². The molecule has 0 bridgehead atoms. The first-order valence-electron chi connectivity index (χ1n) is 8.05. The SMILES string of the molecule is Cn1cc(N2CC[C@@H](NC(=O)c3cc(F)cc4nccnc34)C2)cn1. The molecule has 3 aromatic rings. The fourth-order valence-electron chi connectivity index (χ4n) is 3.16. The number of anilines is 1. The Morgan fingerprint density at radius 2 is 2.16 bits per heavy atom. The highest BCUT2D eigenvalue weighted by Crippen LogP contribution is 2.21. The molecule has 1 fully saturated rings. The zero-order chi connectivity index (χ0) is 17.4. The Balaban J connectivity index is 1.51. The van der Waals surface area contributed by atoms with Crippen LogP contribution in [0.25, 0.3) is 11.0 Å². The van der Waals surface area contributed by atoms with Gasteiger partial charge < -0.3 is 10.2 Å². The van der Waals surface area contributed by atoms with Gasteiger partial charge in [0.1, 0.15) is 11.3 Å². The molecule has 0 saturated carbocycles. The number of hydrogen-bond acceptors (Lipinski definition) is 5. The fourth-order valence-corrected chi connectivity index (χ4v) is 3.16. The van der Waals surface area contributed by atoms with E-state index in [1.54, 1.807) is 10.9 Å². The highest BCUT2D eigenvalue weighted by atomic mass is 19.1. The van der Waals surface area contributed by atoms with Gasteiger partial charge in [0.2, 0.25) is 0 Å². The predicted molar refractivity (Wildman–Crippen MR) is 90.8 cm³/mol. The second-order valence-corrected chi connectivity index (χ2v) is 6.15. The molecule has 7 nitrogen and oxygen atoms in total. The summed E-state index contributed by atoms with van der Waals surface area (Å²) in [5, 5.41) is 7.15. The van der Waals surface area contributed by atoms with E-state index in [0.29, 0.717) is 17.6 Å². The van der Waals surface area contributed by atoms with Gasteiger partial charge >= 0.3 is 0 Å². The average molecular weight is 340 g/mol. The van der Waals surface area contributed by atoms with E-state index in [2.05, 4.69) is 25.3 Å². The lowest BCUT2D eigenvalue weighted by Crippen LogP contribution is -2.37. The molecular weight excluding hydrogens is 323 g/mol. The van der Waals surface area contributed by atoms with E-state index in [9.17, 15) is 9.18 Å². The Hall–Kier alpha value is -3.03. The molecule has 1 N–H and O–H groups in total. The second kappa shape index (κ2) is 6.12. The minimum Gasteiger partial charge on any atom is -0.367 e. The van der Waals surface area contributed by atoms with Gasteiger partial charge in [-0.25, -0.2) is 4.39 Å². The summed E-state index contributed by atoms with van der Waals surface area (Å²) in [6.45, 7) is 1.52. The number of carbonyl (C=O) groups excluding carboxylic acids is 1. The average Bonchev–Trinajstić information content (AvgIpc) is 3.23. The molecule has 1 amide bonds. The van der Waals surface area contributed by atoms with Crippen molar-refractivity contribution in [2.45, 2.75) is 12.5 Å². The molecule has 4 rings (SSSR count). The van der Waals surface area contributed by atoms with Crippen molar-refractivity contribution in [2.24, 2.45) is 7.05 Å². The molecule has 0 unspecified atom stereocenters. The van der Waals surface area contributed by atoms with Gasteiger partial charge in [0, 0.05) is 50.8 Å².